The van der Waals surface area contributed by atoms with Gasteiger partial charge in [-0.05, 0) is 23.6 Å². The van der Waals surface area contributed by atoms with Gasteiger partial charge in [-0.2, -0.15) is 0 Å². The summed E-state index contributed by atoms with van der Waals surface area (Å²) in [4.78, 5) is 17.1. The van der Waals surface area contributed by atoms with Gasteiger partial charge in [-0.1, -0.05) is 32.9 Å². The van der Waals surface area contributed by atoms with Gasteiger partial charge in [0.05, 0.1) is 17.8 Å². The van der Waals surface area contributed by atoms with Crippen molar-refractivity contribution in [2.45, 2.75) is 33.9 Å². The molecule has 3 aromatic rings. The van der Waals surface area contributed by atoms with Crippen LogP contribution in [0, 0.1) is 11.2 Å². The zero-order chi connectivity index (χ0) is 18.4. The zero-order valence-electron chi connectivity index (χ0n) is 14.9. The van der Waals surface area contributed by atoms with Crippen molar-refractivity contribution in [1.82, 2.24) is 14.1 Å². The average molecular weight is 343 g/mol. The quantitative estimate of drug-likeness (QED) is 0.795. The Morgan fingerprint density at radius 3 is 2.56 bits per heavy atom. The fourth-order valence-corrected chi connectivity index (χ4v) is 2.95. The molecule has 0 aliphatic carbocycles. The minimum Gasteiger partial charge on any atom is -0.392 e. The van der Waals surface area contributed by atoms with Crippen LogP contribution in [0.5, 0.6) is 0 Å². The number of hydrogen-bond donors (Lipinski definition) is 1. The molecule has 3 rings (SSSR count). The van der Waals surface area contributed by atoms with E-state index in [9.17, 15) is 14.3 Å². The molecule has 6 heteroatoms. The highest BCUT2D eigenvalue weighted by molar-refractivity contribution is 5.76. The molecule has 0 unspecified atom stereocenters. The van der Waals surface area contributed by atoms with Crippen LogP contribution in [0.15, 0.2) is 35.1 Å². The van der Waals surface area contributed by atoms with E-state index in [0.29, 0.717) is 23.4 Å². The Bertz CT molecular complexity index is 996. The van der Waals surface area contributed by atoms with E-state index in [1.54, 1.807) is 35.9 Å². The van der Waals surface area contributed by atoms with Crippen LogP contribution in [-0.4, -0.2) is 19.2 Å². The number of imidazole rings is 1. The molecule has 2 aromatic heterocycles. The third-order valence-corrected chi connectivity index (χ3v) is 4.14. The summed E-state index contributed by atoms with van der Waals surface area (Å²) < 4.78 is 17.7. The van der Waals surface area contributed by atoms with Crippen molar-refractivity contribution in [3.05, 3.63) is 52.2 Å². The zero-order valence-corrected chi connectivity index (χ0v) is 14.9. The molecule has 0 saturated heterocycles. The largest absolute Gasteiger partial charge is 0.392 e. The van der Waals surface area contributed by atoms with Gasteiger partial charge in [-0.3, -0.25) is 9.13 Å². The second kappa shape index (κ2) is 6.11. The maximum Gasteiger partial charge on any atom is 0.330 e. The van der Waals surface area contributed by atoms with Gasteiger partial charge in [-0.15, -0.1) is 0 Å². The second-order valence-corrected chi connectivity index (χ2v) is 7.46. The smallest absolute Gasteiger partial charge is 0.330 e. The first-order valence-corrected chi connectivity index (χ1v) is 8.18. The number of aromatic nitrogens is 3. The highest BCUT2D eigenvalue weighted by atomic mass is 19.1. The van der Waals surface area contributed by atoms with Crippen LogP contribution in [-0.2, 0) is 20.2 Å². The fourth-order valence-electron chi connectivity index (χ4n) is 2.95. The predicted molar refractivity (Wildman–Crippen MR) is 95.7 cm³/mol. The van der Waals surface area contributed by atoms with E-state index in [0.717, 1.165) is 5.52 Å². The molecule has 0 aliphatic rings. The highest BCUT2D eigenvalue weighted by Gasteiger charge is 2.19. The molecule has 5 nitrogen and oxygen atoms in total. The molecular formula is C19H22FN3O2. The first kappa shape index (κ1) is 17.4. The van der Waals surface area contributed by atoms with Crippen molar-refractivity contribution in [1.29, 1.82) is 0 Å². The summed E-state index contributed by atoms with van der Waals surface area (Å²) in [6.45, 7) is 6.39. The van der Waals surface area contributed by atoms with Crippen molar-refractivity contribution in [3.8, 4) is 11.3 Å². The van der Waals surface area contributed by atoms with Crippen molar-refractivity contribution < 1.29 is 9.50 Å². The standard InChI is InChI=1S/C19H22FN3O2/c1-19(2,3)11-23-15-9-8-14(21-17(15)22(4)18(23)25)13-7-5-6-12(10-24)16(13)20/h5-9,24H,10-11H2,1-4H3. The minimum atomic E-state index is -0.490. The number of aryl methyl sites for hydroxylation is 1. The van der Waals surface area contributed by atoms with Gasteiger partial charge >= 0.3 is 5.69 Å². The Labute approximate surface area is 145 Å². The van der Waals surface area contributed by atoms with Gasteiger partial charge in [-0.25, -0.2) is 14.2 Å². The summed E-state index contributed by atoms with van der Waals surface area (Å²) in [5, 5.41) is 9.24. The van der Waals surface area contributed by atoms with E-state index in [-0.39, 0.29) is 23.3 Å². The van der Waals surface area contributed by atoms with Gasteiger partial charge in [0.2, 0.25) is 0 Å². The first-order chi connectivity index (χ1) is 11.7. The maximum atomic E-state index is 14.5. The Balaban J connectivity index is 2.20. The van der Waals surface area contributed by atoms with Crippen molar-refractivity contribution in [3.63, 3.8) is 0 Å². The molecule has 0 radical (unpaired) electrons. The number of aliphatic hydroxyl groups excluding tert-OH is 1. The van der Waals surface area contributed by atoms with Crippen LogP contribution >= 0.6 is 0 Å². The molecule has 0 saturated carbocycles. The average Bonchev–Trinajstić information content (AvgIpc) is 2.78. The number of hydrogen-bond acceptors (Lipinski definition) is 3. The number of nitrogens with zero attached hydrogens (tertiary/aromatic N) is 3. The fraction of sp³-hybridized carbons (Fsp3) is 0.368. The molecule has 0 fully saturated rings. The van der Waals surface area contributed by atoms with Gasteiger partial charge in [0.25, 0.3) is 0 Å². The van der Waals surface area contributed by atoms with Gasteiger partial charge in [0.1, 0.15) is 5.82 Å². The summed E-state index contributed by atoms with van der Waals surface area (Å²) >= 11 is 0. The summed E-state index contributed by atoms with van der Waals surface area (Å²) in [5.41, 5.74) is 2.01. The lowest BCUT2D eigenvalue weighted by atomic mass is 9.97. The maximum absolute atomic E-state index is 14.5. The number of aliphatic hydroxyl groups is 1. The van der Waals surface area contributed by atoms with Gasteiger partial charge in [0.15, 0.2) is 5.65 Å². The van der Waals surface area contributed by atoms with Crippen LogP contribution < -0.4 is 5.69 Å². The summed E-state index contributed by atoms with van der Waals surface area (Å²) in [6.07, 6.45) is 0. The summed E-state index contributed by atoms with van der Waals surface area (Å²) in [5.74, 6) is -0.490. The monoisotopic (exact) mass is 343 g/mol. The topological polar surface area (TPSA) is 60.0 Å². The van der Waals surface area contributed by atoms with Crippen LogP contribution in [0.25, 0.3) is 22.4 Å². The summed E-state index contributed by atoms with van der Waals surface area (Å²) in [6, 6.07) is 8.34. The predicted octanol–water partition coefficient (Wildman–Crippen LogP) is 3.08. The van der Waals surface area contributed by atoms with E-state index in [4.69, 9.17) is 0 Å². The normalized spacial score (nSPS) is 12.1. The second-order valence-electron chi connectivity index (χ2n) is 7.46. The van der Waals surface area contributed by atoms with Crippen LogP contribution in [0.3, 0.4) is 0 Å². The summed E-state index contributed by atoms with van der Waals surface area (Å²) in [7, 11) is 1.67. The molecule has 25 heavy (non-hydrogen) atoms. The van der Waals surface area contributed by atoms with E-state index in [2.05, 4.69) is 25.8 Å². The number of rotatable bonds is 3. The number of halogens is 1. The Kier molecular flexibility index (Phi) is 4.24. The van der Waals surface area contributed by atoms with E-state index in [1.807, 2.05) is 0 Å². The van der Waals surface area contributed by atoms with E-state index >= 15 is 0 Å². The number of benzene rings is 1. The molecule has 1 aromatic carbocycles. The Morgan fingerprint density at radius 2 is 1.92 bits per heavy atom. The molecule has 2 heterocycles. The molecule has 0 spiro atoms. The Hall–Kier alpha value is -2.47. The van der Waals surface area contributed by atoms with Crippen molar-refractivity contribution in [2.75, 3.05) is 0 Å². The lowest BCUT2D eigenvalue weighted by molar-refractivity contribution is 0.276. The number of fused-ring (bicyclic) bond motifs is 1. The number of pyridine rings is 1. The highest BCUT2D eigenvalue weighted by Crippen LogP contribution is 2.26. The van der Waals surface area contributed by atoms with Crippen molar-refractivity contribution in [2.24, 2.45) is 12.5 Å². The molecule has 0 bridgehead atoms. The molecule has 0 aliphatic heterocycles. The third-order valence-electron chi connectivity index (χ3n) is 4.14. The molecule has 0 amide bonds. The molecular weight excluding hydrogens is 321 g/mol. The van der Waals surface area contributed by atoms with Crippen LogP contribution in [0.4, 0.5) is 4.39 Å². The van der Waals surface area contributed by atoms with E-state index < -0.39 is 5.82 Å². The lowest BCUT2D eigenvalue weighted by Crippen LogP contribution is -2.27. The van der Waals surface area contributed by atoms with Gasteiger partial charge in [0, 0.05) is 24.7 Å². The minimum absolute atomic E-state index is 0.0572. The third kappa shape index (κ3) is 3.09. The first-order valence-electron chi connectivity index (χ1n) is 8.18. The molecule has 132 valence electrons. The molecule has 0 atom stereocenters. The molecule has 1 N–H and O–H groups in total. The Morgan fingerprint density at radius 1 is 1.20 bits per heavy atom. The van der Waals surface area contributed by atoms with Crippen molar-refractivity contribution >= 4 is 11.2 Å². The lowest BCUT2D eigenvalue weighted by Gasteiger charge is -2.18. The van der Waals surface area contributed by atoms with Crippen LogP contribution in [0.2, 0.25) is 0 Å². The van der Waals surface area contributed by atoms with Gasteiger partial charge < -0.3 is 5.11 Å². The SMILES string of the molecule is Cn1c(=O)n(CC(C)(C)C)c2ccc(-c3cccc(CO)c3F)nc21. The van der Waals surface area contributed by atoms with Crippen LogP contribution in [0.1, 0.15) is 26.3 Å². The van der Waals surface area contributed by atoms with E-state index in [1.165, 1.54) is 10.6 Å².